The van der Waals surface area contributed by atoms with Crippen molar-refractivity contribution in [3.63, 3.8) is 0 Å². The summed E-state index contributed by atoms with van der Waals surface area (Å²) in [6, 6.07) is 6.21. The zero-order valence-electron chi connectivity index (χ0n) is 18.1. The van der Waals surface area contributed by atoms with Gasteiger partial charge in [0.1, 0.15) is 12.1 Å². The van der Waals surface area contributed by atoms with Crippen molar-refractivity contribution in [2.24, 2.45) is 0 Å². The van der Waals surface area contributed by atoms with E-state index in [1.165, 1.54) is 7.11 Å². The van der Waals surface area contributed by atoms with Gasteiger partial charge in [-0.2, -0.15) is 10.1 Å². The topological polar surface area (TPSA) is 158 Å². The maximum Gasteiger partial charge on any atom is 0.328 e. The Morgan fingerprint density at radius 1 is 1.34 bits per heavy atom. The molecule has 10 nitrogen and oxygen atoms in total. The normalized spacial score (nSPS) is 12.5. The lowest BCUT2D eigenvalue weighted by Crippen LogP contribution is -2.48. The highest BCUT2D eigenvalue weighted by Crippen LogP contribution is 2.21. The molecule has 2 rings (SSSR count). The molecule has 2 aromatic rings. The third-order valence-electron chi connectivity index (χ3n) is 4.71. The average molecular weight is 439 g/mol. The minimum Gasteiger partial charge on any atom is -0.461 e. The van der Waals surface area contributed by atoms with E-state index in [1.54, 1.807) is 38.2 Å². The number of aromatic amines is 1. The van der Waals surface area contributed by atoms with Crippen LogP contribution in [0.15, 0.2) is 24.4 Å². The van der Waals surface area contributed by atoms with Crippen molar-refractivity contribution in [3.8, 4) is 6.07 Å². The number of ketones is 1. The molecule has 0 radical (unpaired) electrons. The van der Waals surface area contributed by atoms with Gasteiger partial charge >= 0.3 is 12.2 Å². The van der Waals surface area contributed by atoms with Crippen LogP contribution in [0.1, 0.15) is 37.8 Å². The molecule has 0 saturated carbocycles. The van der Waals surface area contributed by atoms with Gasteiger partial charge < -0.3 is 25.3 Å². The van der Waals surface area contributed by atoms with Gasteiger partial charge in [-0.05, 0) is 44.0 Å². The first-order valence-electron chi connectivity index (χ1n) is 10.0. The molecule has 2 atom stereocenters. The molecular formula is C22H25N5O5. The van der Waals surface area contributed by atoms with Crippen molar-refractivity contribution >= 4 is 34.8 Å². The molecule has 32 heavy (non-hydrogen) atoms. The van der Waals surface area contributed by atoms with E-state index in [4.69, 9.17) is 20.3 Å². The number of aromatic nitrogens is 1. The fraction of sp³-hybridized carbons (Fsp3) is 0.409. The van der Waals surface area contributed by atoms with Crippen LogP contribution < -0.4 is 5.32 Å². The number of rotatable bonds is 11. The highest BCUT2D eigenvalue weighted by molar-refractivity contribution is 6.25. The van der Waals surface area contributed by atoms with Crippen molar-refractivity contribution in [3.05, 3.63) is 41.1 Å². The summed E-state index contributed by atoms with van der Waals surface area (Å²) < 4.78 is 10.5. The van der Waals surface area contributed by atoms with Crippen LogP contribution in [-0.4, -0.2) is 59.0 Å². The monoisotopic (exact) mass is 439 g/mol. The van der Waals surface area contributed by atoms with E-state index in [-0.39, 0.29) is 19.3 Å². The lowest BCUT2D eigenvalue weighted by atomic mass is 10.0. The number of nitrogens with zero attached hydrogens (tertiary/aromatic N) is 3. The van der Waals surface area contributed by atoms with Crippen LogP contribution in [0.25, 0.3) is 16.4 Å². The molecule has 0 saturated heterocycles. The highest BCUT2D eigenvalue weighted by Gasteiger charge is 2.28. The first kappa shape index (κ1) is 24.5. The molecule has 2 N–H and O–H groups in total. The molecule has 0 unspecified atom stereocenters. The second-order valence-corrected chi connectivity index (χ2v) is 7.41. The van der Waals surface area contributed by atoms with Crippen molar-refractivity contribution < 1.29 is 28.6 Å². The third-order valence-corrected chi connectivity index (χ3v) is 4.71. The number of H-pyrrole nitrogens is 1. The van der Waals surface area contributed by atoms with Crippen LogP contribution >= 0.6 is 0 Å². The SMILES string of the molecule is CO[C@@H](Cc1c[nH]c2ccc(C#N)cc12)C(=O)N[C@@H](CCC(=O)C=[N+]=[N-])C(=O)OC(C)C. The Kier molecular flexibility index (Phi) is 8.83. The molecule has 0 aliphatic carbocycles. The number of nitrogens with one attached hydrogen (secondary N) is 2. The van der Waals surface area contributed by atoms with Crippen LogP contribution in [-0.2, 0) is 30.3 Å². The number of amides is 1. The van der Waals surface area contributed by atoms with E-state index >= 15 is 0 Å². The molecular weight excluding hydrogens is 414 g/mol. The van der Waals surface area contributed by atoms with Crippen LogP contribution in [0.5, 0.6) is 0 Å². The second-order valence-electron chi connectivity index (χ2n) is 7.41. The Labute approximate surface area is 185 Å². The first-order valence-corrected chi connectivity index (χ1v) is 10.0. The van der Waals surface area contributed by atoms with Crippen LogP contribution in [0, 0.1) is 11.3 Å². The van der Waals surface area contributed by atoms with Gasteiger partial charge in [0.25, 0.3) is 0 Å². The number of carbonyl (C=O) groups is 3. The summed E-state index contributed by atoms with van der Waals surface area (Å²) in [6.45, 7) is 3.34. The van der Waals surface area contributed by atoms with Gasteiger partial charge in [0.05, 0.1) is 17.7 Å². The number of benzene rings is 1. The number of esters is 1. The van der Waals surface area contributed by atoms with E-state index in [1.807, 2.05) is 0 Å². The standard InChI is InChI=1S/C22H25N5O5/c1-13(2)32-22(30)19(7-5-16(28)12-26-24)27-21(29)20(31-3)9-15-11-25-18-6-4-14(10-23)8-17(15)18/h4,6,8,11-13,19-20,25H,5,7,9H2,1-3H3,(H,27,29)/t19-,20-/m0/s1. The maximum atomic E-state index is 12.9. The summed E-state index contributed by atoms with van der Waals surface area (Å²) in [7, 11) is 1.38. The van der Waals surface area contributed by atoms with Gasteiger partial charge in [0.15, 0.2) is 0 Å². The van der Waals surface area contributed by atoms with Crippen molar-refractivity contribution in [2.45, 2.75) is 51.4 Å². The Morgan fingerprint density at radius 2 is 2.09 bits per heavy atom. The molecule has 0 spiro atoms. The highest BCUT2D eigenvalue weighted by atomic mass is 16.5. The van der Waals surface area contributed by atoms with Gasteiger partial charge in [0, 0.05) is 37.1 Å². The predicted octanol–water partition coefficient (Wildman–Crippen LogP) is 1.68. The Balaban J connectivity index is 2.16. The second kappa shape index (κ2) is 11.6. The summed E-state index contributed by atoms with van der Waals surface area (Å²) in [6.07, 6.45) is 1.18. The number of methoxy groups -OCH3 is 1. The largest absolute Gasteiger partial charge is 0.461 e. The van der Waals surface area contributed by atoms with Gasteiger partial charge in [-0.1, -0.05) is 0 Å². The molecule has 1 heterocycles. The minimum atomic E-state index is -1.08. The number of hydrogen-bond donors (Lipinski definition) is 2. The molecule has 0 aliphatic rings. The predicted molar refractivity (Wildman–Crippen MR) is 115 cm³/mol. The Bertz CT molecular complexity index is 1080. The van der Waals surface area contributed by atoms with E-state index in [9.17, 15) is 14.4 Å². The summed E-state index contributed by atoms with van der Waals surface area (Å²) in [5.41, 5.74) is 10.5. The summed E-state index contributed by atoms with van der Waals surface area (Å²) >= 11 is 0. The Morgan fingerprint density at radius 3 is 2.72 bits per heavy atom. The zero-order chi connectivity index (χ0) is 23.7. The molecule has 168 valence electrons. The number of hydrogen-bond acceptors (Lipinski definition) is 6. The molecule has 1 amide bonds. The zero-order valence-corrected chi connectivity index (χ0v) is 18.1. The van der Waals surface area contributed by atoms with Crippen LogP contribution in [0.4, 0.5) is 0 Å². The van der Waals surface area contributed by atoms with Crippen molar-refractivity contribution in [1.29, 1.82) is 5.26 Å². The lowest BCUT2D eigenvalue weighted by molar-refractivity contribution is -0.152. The summed E-state index contributed by atoms with van der Waals surface area (Å²) in [4.78, 5) is 42.7. The summed E-state index contributed by atoms with van der Waals surface area (Å²) in [5, 5.41) is 12.5. The fourth-order valence-corrected chi connectivity index (χ4v) is 3.14. The fourth-order valence-electron chi connectivity index (χ4n) is 3.14. The van der Waals surface area contributed by atoms with E-state index in [2.05, 4.69) is 21.2 Å². The molecule has 0 aliphatic heterocycles. The number of fused-ring (bicyclic) bond motifs is 1. The Hall–Kier alpha value is -3.80. The van der Waals surface area contributed by atoms with E-state index in [0.29, 0.717) is 5.56 Å². The molecule has 1 aromatic heterocycles. The molecule has 1 aromatic carbocycles. The molecule has 10 heteroatoms. The van der Waals surface area contributed by atoms with Crippen molar-refractivity contribution in [2.75, 3.05) is 7.11 Å². The number of nitriles is 1. The number of carbonyl (C=O) groups excluding carboxylic acids is 3. The van der Waals surface area contributed by atoms with E-state index in [0.717, 1.165) is 22.7 Å². The number of Topliss-reactive ketones (excluding diaryl/α,β-unsaturated/α-hetero) is 1. The van der Waals surface area contributed by atoms with Gasteiger partial charge in [0.2, 0.25) is 11.7 Å². The minimum absolute atomic E-state index is 0.0306. The van der Waals surface area contributed by atoms with Gasteiger partial charge in [-0.25, -0.2) is 4.79 Å². The van der Waals surface area contributed by atoms with Crippen LogP contribution in [0.3, 0.4) is 0 Å². The molecule has 0 fully saturated rings. The average Bonchev–Trinajstić information content (AvgIpc) is 3.16. The number of ether oxygens (including phenoxy) is 2. The lowest BCUT2D eigenvalue weighted by Gasteiger charge is -2.21. The van der Waals surface area contributed by atoms with Crippen LogP contribution in [0.2, 0.25) is 0 Å². The van der Waals surface area contributed by atoms with E-state index < -0.39 is 35.9 Å². The third kappa shape index (κ3) is 6.60. The quantitative estimate of drug-likeness (QED) is 0.235. The van der Waals surface area contributed by atoms with Crippen molar-refractivity contribution in [1.82, 2.24) is 10.3 Å². The van der Waals surface area contributed by atoms with Gasteiger partial charge in [-0.15, -0.1) is 0 Å². The maximum absolute atomic E-state index is 12.9. The molecule has 0 bridgehead atoms. The first-order chi connectivity index (χ1) is 15.3. The summed E-state index contributed by atoms with van der Waals surface area (Å²) in [5.74, 6) is -1.73. The smallest absolute Gasteiger partial charge is 0.328 e. The van der Waals surface area contributed by atoms with Gasteiger partial charge in [-0.3, -0.25) is 9.59 Å².